The summed E-state index contributed by atoms with van der Waals surface area (Å²) in [5, 5.41) is 21.3. The minimum absolute atomic E-state index is 0.0613. The van der Waals surface area contributed by atoms with E-state index < -0.39 is 0 Å². The topological polar surface area (TPSA) is 40.5 Å². The summed E-state index contributed by atoms with van der Waals surface area (Å²) in [7, 11) is 0. The lowest BCUT2D eigenvalue weighted by molar-refractivity contribution is 0.443. The van der Waals surface area contributed by atoms with Gasteiger partial charge in [0.05, 0.1) is 0 Å². The van der Waals surface area contributed by atoms with Crippen LogP contribution in [0.4, 0.5) is 0 Å². The standard InChI is InChI=1S/C38H62O2S/c1-11-13-14-15-16-19-30(32-25-34(38(8,9)10)36(40)23-28(32)4)20-17-18-21-41-26-29(12-2)31-24-33(37(5,6)7)35(39)22-27(31)3/h22-25,29-30,39-40H,11-21,26H2,1-10H3. The summed E-state index contributed by atoms with van der Waals surface area (Å²) >= 11 is 2.10. The zero-order chi connectivity index (χ0) is 30.8. The number of hydrogen-bond acceptors (Lipinski definition) is 3. The third-order valence-electron chi connectivity index (χ3n) is 8.82. The second kappa shape index (κ2) is 16.3. The van der Waals surface area contributed by atoms with Gasteiger partial charge in [0.2, 0.25) is 0 Å². The predicted octanol–water partition coefficient (Wildman–Crippen LogP) is 11.9. The summed E-state index contributed by atoms with van der Waals surface area (Å²) in [4.78, 5) is 0. The maximum absolute atomic E-state index is 10.7. The van der Waals surface area contributed by atoms with Gasteiger partial charge in [0, 0.05) is 5.75 Å². The van der Waals surface area contributed by atoms with Gasteiger partial charge in [-0.2, -0.15) is 11.8 Å². The van der Waals surface area contributed by atoms with Gasteiger partial charge in [0.25, 0.3) is 0 Å². The number of phenolic OH excluding ortho intramolecular Hbond substituents is 2. The average molecular weight is 583 g/mol. The molecule has 41 heavy (non-hydrogen) atoms. The Morgan fingerprint density at radius 1 is 0.634 bits per heavy atom. The number of unbranched alkanes of at least 4 members (excludes halogenated alkanes) is 5. The molecule has 2 rings (SSSR count). The van der Waals surface area contributed by atoms with Crippen LogP contribution in [0, 0.1) is 13.8 Å². The first-order valence-corrected chi connectivity index (χ1v) is 17.6. The van der Waals surface area contributed by atoms with Crippen LogP contribution in [-0.2, 0) is 10.8 Å². The Labute approximate surface area is 258 Å². The van der Waals surface area contributed by atoms with Crippen LogP contribution in [0.5, 0.6) is 11.5 Å². The van der Waals surface area contributed by atoms with E-state index in [9.17, 15) is 10.2 Å². The van der Waals surface area contributed by atoms with Gasteiger partial charge in [0.1, 0.15) is 11.5 Å². The van der Waals surface area contributed by atoms with Crippen LogP contribution in [-0.4, -0.2) is 21.7 Å². The van der Waals surface area contributed by atoms with Crippen LogP contribution < -0.4 is 0 Å². The number of hydrogen-bond donors (Lipinski definition) is 2. The molecule has 2 nitrogen and oxygen atoms in total. The maximum atomic E-state index is 10.7. The molecule has 0 fully saturated rings. The highest BCUT2D eigenvalue weighted by Crippen LogP contribution is 2.39. The summed E-state index contributed by atoms with van der Waals surface area (Å²) in [6, 6.07) is 8.59. The first-order chi connectivity index (χ1) is 19.2. The first-order valence-electron chi connectivity index (χ1n) is 16.5. The first kappa shape index (κ1) is 35.6. The molecular formula is C38H62O2S. The Hall–Kier alpha value is -1.61. The van der Waals surface area contributed by atoms with Gasteiger partial charge < -0.3 is 10.2 Å². The highest BCUT2D eigenvalue weighted by atomic mass is 32.2. The lowest BCUT2D eigenvalue weighted by Crippen LogP contribution is -2.14. The molecule has 2 atom stereocenters. The molecule has 0 aromatic heterocycles. The van der Waals surface area contributed by atoms with Crippen molar-refractivity contribution in [3.05, 3.63) is 57.6 Å². The van der Waals surface area contributed by atoms with Crippen LogP contribution in [0.2, 0.25) is 0 Å². The van der Waals surface area contributed by atoms with Gasteiger partial charge in [-0.05, 0) is 113 Å². The fourth-order valence-electron chi connectivity index (χ4n) is 6.20. The molecule has 0 saturated carbocycles. The van der Waals surface area contributed by atoms with E-state index in [-0.39, 0.29) is 10.8 Å². The lowest BCUT2D eigenvalue weighted by atomic mass is 9.80. The molecular weight excluding hydrogens is 520 g/mol. The zero-order valence-corrected chi connectivity index (χ0v) is 29.1. The Balaban J connectivity index is 2.02. The van der Waals surface area contributed by atoms with Crippen LogP contribution in [0.3, 0.4) is 0 Å². The molecule has 0 heterocycles. The SMILES string of the molecule is CCCCCCCC(CCCCSCC(CC)c1cc(C(C)(C)C)c(O)cc1C)c1cc(C(C)(C)C)c(O)cc1C. The van der Waals surface area contributed by atoms with E-state index in [0.717, 1.165) is 23.3 Å². The maximum Gasteiger partial charge on any atom is 0.119 e. The predicted molar refractivity (Wildman–Crippen MR) is 183 cm³/mol. The molecule has 2 N–H and O–H groups in total. The number of thioether (sulfide) groups is 1. The summed E-state index contributed by atoms with van der Waals surface area (Å²) in [5.41, 5.74) is 7.33. The average Bonchev–Trinajstić information content (AvgIpc) is 2.86. The van der Waals surface area contributed by atoms with Gasteiger partial charge in [-0.3, -0.25) is 0 Å². The molecule has 0 aliphatic rings. The molecule has 0 saturated heterocycles. The largest absolute Gasteiger partial charge is 0.508 e. The second-order valence-electron chi connectivity index (χ2n) is 14.5. The molecule has 0 aliphatic heterocycles. The van der Waals surface area contributed by atoms with Crippen molar-refractivity contribution in [1.82, 2.24) is 0 Å². The highest BCUT2D eigenvalue weighted by Gasteiger charge is 2.24. The van der Waals surface area contributed by atoms with E-state index in [4.69, 9.17) is 0 Å². The van der Waals surface area contributed by atoms with E-state index in [1.165, 1.54) is 85.8 Å². The normalized spacial score (nSPS) is 13.9. The van der Waals surface area contributed by atoms with Crippen LogP contribution in [0.25, 0.3) is 0 Å². The fraction of sp³-hybridized carbons (Fsp3) is 0.684. The highest BCUT2D eigenvalue weighted by molar-refractivity contribution is 7.99. The van der Waals surface area contributed by atoms with Crippen LogP contribution >= 0.6 is 11.8 Å². The molecule has 0 aliphatic carbocycles. The summed E-state index contributed by atoms with van der Waals surface area (Å²) in [5.74, 6) is 4.30. The van der Waals surface area contributed by atoms with Crippen molar-refractivity contribution in [2.45, 2.75) is 156 Å². The van der Waals surface area contributed by atoms with Crippen LogP contribution in [0.1, 0.15) is 165 Å². The minimum atomic E-state index is -0.0615. The number of aromatic hydroxyl groups is 2. The van der Waals surface area contributed by atoms with Gasteiger partial charge in [-0.15, -0.1) is 0 Å². The molecule has 3 heteroatoms. The van der Waals surface area contributed by atoms with E-state index in [2.05, 4.69) is 93.1 Å². The molecule has 0 spiro atoms. The molecule has 2 unspecified atom stereocenters. The third-order valence-corrected chi connectivity index (χ3v) is 10.0. The van der Waals surface area contributed by atoms with Crippen molar-refractivity contribution < 1.29 is 10.2 Å². The van der Waals surface area contributed by atoms with Gasteiger partial charge in [-0.25, -0.2) is 0 Å². The summed E-state index contributed by atoms with van der Waals surface area (Å²) in [6.45, 7) is 22.0. The number of aryl methyl sites for hydroxylation is 2. The van der Waals surface area contributed by atoms with E-state index in [1.54, 1.807) is 0 Å². The van der Waals surface area contributed by atoms with Crippen LogP contribution in [0.15, 0.2) is 24.3 Å². The number of rotatable bonds is 16. The molecule has 0 amide bonds. The van der Waals surface area contributed by atoms with Crippen molar-refractivity contribution in [2.75, 3.05) is 11.5 Å². The Morgan fingerprint density at radius 2 is 1.10 bits per heavy atom. The molecule has 2 aromatic rings. The van der Waals surface area contributed by atoms with Crippen molar-refractivity contribution in [1.29, 1.82) is 0 Å². The molecule has 0 radical (unpaired) electrons. The minimum Gasteiger partial charge on any atom is -0.508 e. The van der Waals surface area contributed by atoms with E-state index in [0.29, 0.717) is 23.3 Å². The van der Waals surface area contributed by atoms with Crippen molar-refractivity contribution in [2.24, 2.45) is 0 Å². The number of benzene rings is 2. The fourth-order valence-corrected chi connectivity index (χ4v) is 7.47. The van der Waals surface area contributed by atoms with E-state index in [1.807, 2.05) is 12.1 Å². The van der Waals surface area contributed by atoms with Crippen molar-refractivity contribution in [3.63, 3.8) is 0 Å². The molecule has 2 aromatic carbocycles. The summed E-state index contributed by atoms with van der Waals surface area (Å²) < 4.78 is 0. The zero-order valence-electron chi connectivity index (χ0n) is 28.3. The van der Waals surface area contributed by atoms with Crippen molar-refractivity contribution in [3.8, 4) is 11.5 Å². The second-order valence-corrected chi connectivity index (χ2v) is 15.7. The molecule has 232 valence electrons. The smallest absolute Gasteiger partial charge is 0.119 e. The van der Waals surface area contributed by atoms with Gasteiger partial charge in [-0.1, -0.05) is 106 Å². The Morgan fingerprint density at radius 3 is 1.56 bits per heavy atom. The lowest BCUT2D eigenvalue weighted by Gasteiger charge is -2.26. The third kappa shape index (κ3) is 10.9. The van der Waals surface area contributed by atoms with E-state index >= 15 is 0 Å². The monoisotopic (exact) mass is 582 g/mol. The summed E-state index contributed by atoms with van der Waals surface area (Å²) in [6.07, 6.45) is 12.7. The van der Waals surface area contributed by atoms with Gasteiger partial charge in [0.15, 0.2) is 0 Å². The van der Waals surface area contributed by atoms with Crippen molar-refractivity contribution >= 4 is 11.8 Å². The molecule has 0 bridgehead atoms. The quantitative estimate of drug-likeness (QED) is 0.193. The Bertz CT molecular complexity index is 1070. The number of phenols is 2. The van der Waals surface area contributed by atoms with Gasteiger partial charge >= 0.3 is 0 Å². The Kier molecular flexibility index (Phi) is 14.1.